The summed E-state index contributed by atoms with van der Waals surface area (Å²) in [6.45, 7) is 14.4. The lowest BCUT2D eigenvalue weighted by atomic mass is 9.87. The highest BCUT2D eigenvalue weighted by Crippen LogP contribution is 2.47. The molecule has 0 aliphatic carbocycles. The molecule has 32 heavy (non-hydrogen) atoms. The van der Waals surface area contributed by atoms with E-state index in [0.29, 0.717) is 0 Å². The zero-order valence-electron chi connectivity index (χ0n) is 19.9. The zero-order valence-corrected chi connectivity index (χ0v) is 21.6. The molecule has 3 rings (SSSR count). The lowest BCUT2D eigenvalue weighted by Crippen LogP contribution is -2.21. The molecule has 3 nitrogen and oxygen atoms in total. The molecule has 0 amide bonds. The average molecular weight is 467 g/mol. The molecule has 1 N–H and O–H groups in total. The summed E-state index contributed by atoms with van der Waals surface area (Å²) in [5, 5.41) is 4.73. The Morgan fingerprint density at radius 1 is 1.03 bits per heavy atom. The number of nitrogens with one attached hydrogen (secondary N) is 1. The van der Waals surface area contributed by atoms with Crippen LogP contribution in [0.5, 0.6) is 0 Å². The van der Waals surface area contributed by atoms with Crippen molar-refractivity contribution in [3.63, 3.8) is 0 Å². The lowest BCUT2D eigenvalue weighted by molar-refractivity contribution is -0.116. The Morgan fingerprint density at radius 3 is 2.44 bits per heavy atom. The van der Waals surface area contributed by atoms with E-state index in [1.54, 1.807) is 0 Å². The first-order chi connectivity index (χ1) is 15.2. The van der Waals surface area contributed by atoms with Crippen LogP contribution in [0.15, 0.2) is 81.6 Å². The van der Waals surface area contributed by atoms with Gasteiger partial charge in [-0.2, -0.15) is 0 Å². The van der Waals surface area contributed by atoms with E-state index in [9.17, 15) is 4.79 Å². The van der Waals surface area contributed by atoms with Crippen LogP contribution in [-0.2, 0) is 4.79 Å². The third-order valence-corrected chi connectivity index (χ3v) is 7.76. The van der Waals surface area contributed by atoms with Gasteiger partial charge in [-0.25, -0.2) is 0 Å². The Labute approximate surface area is 201 Å². The summed E-state index contributed by atoms with van der Waals surface area (Å²) in [5.41, 5.74) is 1.53. The highest BCUT2D eigenvalue weighted by Gasteiger charge is 2.29. The SMILES string of the molecule is CCNc1ccccc1SC(=O)C(C)(C)C=CC(C)(C)C=C1Sc2ccccc2N1CC. The molecule has 170 valence electrons. The van der Waals surface area contributed by atoms with Crippen molar-refractivity contribution >= 4 is 40.0 Å². The molecule has 0 radical (unpaired) electrons. The number of rotatable bonds is 8. The van der Waals surface area contributed by atoms with Crippen molar-refractivity contribution in [3.8, 4) is 0 Å². The fraction of sp³-hybridized carbons (Fsp3) is 0.370. The third-order valence-electron chi connectivity index (χ3n) is 5.36. The topological polar surface area (TPSA) is 32.3 Å². The number of anilines is 2. The van der Waals surface area contributed by atoms with Crippen molar-refractivity contribution in [2.45, 2.75) is 51.3 Å². The van der Waals surface area contributed by atoms with Gasteiger partial charge in [0, 0.05) is 34.0 Å². The van der Waals surface area contributed by atoms with Crippen LogP contribution in [0, 0.1) is 10.8 Å². The van der Waals surface area contributed by atoms with Gasteiger partial charge in [0.1, 0.15) is 0 Å². The standard InChI is InChI=1S/C27H34N2OS2/c1-7-28-20-13-9-11-15-22(20)32-25(30)27(5,6)18-17-26(3,4)19-24-29(8-2)21-14-10-12-16-23(21)31-24/h9-19,28H,7-8H2,1-6H3. The quantitative estimate of drug-likeness (QED) is 0.317. The number of allylic oxidation sites excluding steroid dienone is 3. The number of nitrogens with zero attached hydrogens (tertiary/aromatic N) is 1. The van der Waals surface area contributed by atoms with Gasteiger partial charge in [-0.1, -0.05) is 62.0 Å². The predicted octanol–water partition coefficient (Wildman–Crippen LogP) is 7.82. The summed E-state index contributed by atoms with van der Waals surface area (Å²) < 4.78 is 0. The Bertz CT molecular complexity index is 1020. The van der Waals surface area contributed by atoms with Gasteiger partial charge < -0.3 is 10.2 Å². The number of benzene rings is 2. The van der Waals surface area contributed by atoms with Crippen molar-refractivity contribution in [2.75, 3.05) is 23.3 Å². The van der Waals surface area contributed by atoms with Crippen LogP contribution in [0.4, 0.5) is 11.4 Å². The van der Waals surface area contributed by atoms with Crippen LogP contribution in [0.25, 0.3) is 0 Å². The Hall–Kier alpha value is -2.11. The van der Waals surface area contributed by atoms with Crippen LogP contribution in [0.2, 0.25) is 0 Å². The van der Waals surface area contributed by atoms with Crippen molar-refractivity contribution in [1.29, 1.82) is 0 Å². The smallest absolute Gasteiger partial charge is 0.203 e. The number of hydrogen-bond acceptors (Lipinski definition) is 5. The lowest BCUT2D eigenvalue weighted by Gasteiger charge is -2.24. The first kappa shape index (κ1) is 24.5. The van der Waals surface area contributed by atoms with Gasteiger partial charge in [-0.15, -0.1) is 0 Å². The molecule has 0 spiro atoms. The second-order valence-corrected chi connectivity index (χ2v) is 11.2. The maximum absolute atomic E-state index is 13.2. The number of para-hydroxylation sites is 2. The maximum atomic E-state index is 13.2. The molecule has 0 saturated carbocycles. The Morgan fingerprint density at radius 2 is 1.72 bits per heavy atom. The van der Waals surface area contributed by atoms with Gasteiger partial charge in [0.15, 0.2) is 0 Å². The molecular weight excluding hydrogens is 432 g/mol. The molecule has 1 heterocycles. The van der Waals surface area contributed by atoms with Crippen LogP contribution in [0.1, 0.15) is 41.5 Å². The number of hydrogen-bond donors (Lipinski definition) is 1. The van der Waals surface area contributed by atoms with E-state index in [1.165, 1.54) is 27.4 Å². The van der Waals surface area contributed by atoms with Crippen molar-refractivity contribution in [2.24, 2.45) is 10.8 Å². The van der Waals surface area contributed by atoms with Gasteiger partial charge in [0.05, 0.1) is 16.1 Å². The van der Waals surface area contributed by atoms with Crippen LogP contribution in [-0.4, -0.2) is 18.2 Å². The summed E-state index contributed by atoms with van der Waals surface area (Å²) in [4.78, 5) is 17.8. The number of carbonyl (C=O) groups is 1. The van der Waals surface area contributed by atoms with Crippen LogP contribution < -0.4 is 10.2 Å². The number of carbonyl (C=O) groups excluding carboxylic acids is 1. The molecule has 0 atom stereocenters. The monoisotopic (exact) mass is 466 g/mol. The second kappa shape index (κ2) is 10.2. The Kier molecular flexibility index (Phi) is 7.84. The summed E-state index contributed by atoms with van der Waals surface area (Å²) in [5.74, 6) is 0. The average Bonchev–Trinajstić information content (AvgIpc) is 3.10. The summed E-state index contributed by atoms with van der Waals surface area (Å²) in [6.07, 6.45) is 6.55. The number of thioether (sulfide) groups is 2. The van der Waals surface area contributed by atoms with Crippen LogP contribution >= 0.6 is 23.5 Å². The van der Waals surface area contributed by atoms with Gasteiger partial charge in [0.2, 0.25) is 5.12 Å². The Balaban J connectivity index is 1.75. The molecule has 0 saturated heterocycles. The van der Waals surface area contributed by atoms with E-state index < -0.39 is 5.41 Å². The molecule has 0 unspecified atom stereocenters. The molecule has 2 aromatic carbocycles. The molecule has 0 fully saturated rings. The highest BCUT2D eigenvalue weighted by molar-refractivity contribution is 8.13. The predicted molar refractivity (Wildman–Crippen MR) is 142 cm³/mol. The fourth-order valence-corrected chi connectivity index (χ4v) is 5.75. The number of fused-ring (bicyclic) bond motifs is 1. The van der Waals surface area contributed by atoms with E-state index in [-0.39, 0.29) is 10.5 Å². The van der Waals surface area contributed by atoms with E-state index in [0.717, 1.165) is 23.7 Å². The molecule has 0 bridgehead atoms. The van der Waals surface area contributed by atoms with E-state index in [4.69, 9.17) is 0 Å². The normalized spacial score (nSPS) is 15.4. The largest absolute Gasteiger partial charge is 0.384 e. The first-order valence-electron chi connectivity index (χ1n) is 11.2. The van der Waals surface area contributed by atoms with Gasteiger partial charge in [0.25, 0.3) is 0 Å². The summed E-state index contributed by atoms with van der Waals surface area (Å²) >= 11 is 3.13. The fourth-order valence-electron chi connectivity index (χ4n) is 3.47. The van der Waals surface area contributed by atoms with Gasteiger partial charge >= 0.3 is 0 Å². The zero-order chi connectivity index (χ0) is 23.4. The second-order valence-electron chi connectivity index (χ2n) is 9.09. The highest BCUT2D eigenvalue weighted by atomic mass is 32.2. The molecule has 1 aliphatic rings. The summed E-state index contributed by atoms with van der Waals surface area (Å²) in [7, 11) is 0. The third kappa shape index (κ3) is 5.81. The van der Waals surface area contributed by atoms with E-state index in [2.05, 4.69) is 80.4 Å². The molecule has 1 aliphatic heterocycles. The first-order valence-corrected chi connectivity index (χ1v) is 12.8. The van der Waals surface area contributed by atoms with Crippen molar-refractivity contribution < 1.29 is 4.79 Å². The summed E-state index contributed by atoms with van der Waals surface area (Å²) in [6, 6.07) is 16.5. The molecule has 2 aromatic rings. The van der Waals surface area contributed by atoms with Crippen LogP contribution in [0.3, 0.4) is 0 Å². The molecule has 5 heteroatoms. The maximum Gasteiger partial charge on any atom is 0.203 e. The molecular formula is C27H34N2OS2. The van der Waals surface area contributed by atoms with Crippen molar-refractivity contribution in [3.05, 3.63) is 71.8 Å². The van der Waals surface area contributed by atoms with E-state index in [1.807, 2.05) is 49.9 Å². The minimum atomic E-state index is -0.573. The van der Waals surface area contributed by atoms with Gasteiger partial charge in [-0.3, -0.25) is 4.79 Å². The van der Waals surface area contributed by atoms with Gasteiger partial charge in [-0.05, 0) is 69.8 Å². The molecule has 0 aromatic heterocycles. The minimum absolute atomic E-state index is 0.139. The minimum Gasteiger partial charge on any atom is -0.384 e. The van der Waals surface area contributed by atoms with E-state index >= 15 is 0 Å². The van der Waals surface area contributed by atoms with Crippen molar-refractivity contribution in [1.82, 2.24) is 0 Å².